The van der Waals surface area contributed by atoms with Gasteiger partial charge in [-0.2, -0.15) is 0 Å². The largest absolute Gasteiger partial charge is 0.496 e. The van der Waals surface area contributed by atoms with Gasteiger partial charge in [0, 0.05) is 18.0 Å². The summed E-state index contributed by atoms with van der Waals surface area (Å²) in [7, 11) is 1.56. The van der Waals surface area contributed by atoms with E-state index < -0.39 is 5.60 Å². The van der Waals surface area contributed by atoms with Gasteiger partial charge in [-0.3, -0.25) is 4.79 Å². The Kier molecular flexibility index (Phi) is 3.71. The molecule has 0 bridgehead atoms. The molecule has 2 N–H and O–H groups in total. The average molecular weight is 229 g/mol. The number of rotatable bonds is 4. The summed E-state index contributed by atoms with van der Waals surface area (Å²) in [6.45, 7) is 3.51. The summed E-state index contributed by atoms with van der Waals surface area (Å²) in [5.74, 6) is 0.485. The first-order chi connectivity index (χ1) is 6.92. The van der Waals surface area contributed by atoms with Crippen LogP contribution in [0.4, 0.5) is 0 Å². The topological polar surface area (TPSA) is 58.6 Å². The Morgan fingerprint density at radius 3 is 2.80 bits per heavy atom. The molecule has 15 heavy (non-hydrogen) atoms. The Balaban J connectivity index is 2.54. The number of carbonyl (C=O) groups is 1. The van der Waals surface area contributed by atoms with E-state index in [1.807, 2.05) is 0 Å². The quantitative estimate of drug-likeness (QED) is 0.817. The minimum Gasteiger partial charge on any atom is -0.496 e. The lowest BCUT2D eigenvalue weighted by Gasteiger charge is -2.16. The van der Waals surface area contributed by atoms with Crippen molar-refractivity contribution in [2.24, 2.45) is 0 Å². The average Bonchev–Trinajstić information content (AvgIpc) is 2.61. The first kappa shape index (κ1) is 12.0. The SMILES string of the molecule is COc1csc(C(=O)NCC(C)(C)O)c1. The number of ether oxygens (including phenoxy) is 1. The van der Waals surface area contributed by atoms with Gasteiger partial charge in [-0.1, -0.05) is 0 Å². The summed E-state index contributed by atoms with van der Waals surface area (Å²) in [5, 5.41) is 13.8. The molecule has 1 aromatic rings. The second-order valence-electron chi connectivity index (χ2n) is 3.85. The standard InChI is InChI=1S/C10H15NO3S/c1-10(2,13)6-11-9(12)8-4-7(14-3)5-15-8/h4-5,13H,6H2,1-3H3,(H,11,12). The number of hydrogen-bond donors (Lipinski definition) is 2. The van der Waals surface area contributed by atoms with Crippen LogP contribution in [0.15, 0.2) is 11.4 Å². The third-order valence-electron chi connectivity index (χ3n) is 1.72. The summed E-state index contributed by atoms with van der Waals surface area (Å²) >= 11 is 1.31. The number of hydrogen-bond acceptors (Lipinski definition) is 4. The van der Waals surface area contributed by atoms with Gasteiger partial charge in [0.1, 0.15) is 5.75 Å². The number of amides is 1. The molecule has 84 valence electrons. The molecule has 0 aliphatic rings. The van der Waals surface area contributed by atoms with Crippen LogP contribution in [0.25, 0.3) is 0 Å². The first-order valence-corrected chi connectivity index (χ1v) is 5.43. The second kappa shape index (κ2) is 4.63. The zero-order chi connectivity index (χ0) is 11.5. The molecule has 0 aliphatic carbocycles. The molecule has 0 saturated heterocycles. The summed E-state index contributed by atoms with van der Waals surface area (Å²) in [6.07, 6.45) is 0. The maximum absolute atomic E-state index is 11.6. The van der Waals surface area contributed by atoms with Crippen molar-refractivity contribution in [2.75, 3.05) is 13.7 Å². The number of thiophene rings is 1. The van der Waals surface area contributed by atoms with Crippen molar-refractivity contribution >= 4 is 17.2 Å². The molecule has 1 heterocycles. The van der Waals surface area contributed by atoms with Crippen molar-refractivity contribution in [3.63, 3.8) is 0 Å². The Morgan fingerprint density at radius 2 is 2.33 bits per heavy atom. The highest BCUT2D eigenvalue weighted by molar-refractivity contribution is 7.12. The predicted octanol–water partition coefficient (Wildman–Crippen LogP) is 1.26. The summed E-state index contributed by atoms with van der Waals surface area (Å²) < 4.78 is 4.97. The second-order valence-corrected chi connectivity index (χ2v) is 4.76. The molecule has 0 atom stereocenters. The number of nitrogens with one attached hydrogen (secondary N) is 1. The number of carbonyl (C=O) groups excluding carboxylic acids is 1. The zero-order valence-electron chi connectivity index (χ0n) is 9.03. The van der Waals surface area contributed by atoms with Gasteiger partial charge < -0.3 is 15.2 Å². The summed E-state index contributed by atoms with van der Waals surface area (Å²) in [5.41, 5.74) is -0.892. The molecule has 0 radical (unpaired) electrons. The van der Waals surface area contributed by atoms with Crippen LogP contribution in [0, 0.1) is 0 Å². The normalized spacial score (nSPS) is 11.2. The fraction of sp³-hybridized carbons (Fsp3) is 0.500. The Bertz CT molecular complexity index is 341. The van der Waals surface area contributed by atoms with Gasteiger partial charge in [0.15, 0.2) is 0 Å². The minimum absolute atomic E-state index is 0.189. The highest BCUT2D eigenvalue weighted by Gasteiger charge is 2.15. The van der Waals surface area contributed by atoms with E-state index in [1.54, 1.807) is 32.4 Å². The molecule has 1 amide bonds. The molecular weight excluding hydrogens is 214 g/mol. The maximum Gasteiger partial charge on any atom is 0.261 e. The van der Waals surface area contributed by atoms with E-state index in [9.17, 15) is 9.90 Å². The van der Waals surface area contributed by atoms with Gasteiger partial charge >= 0.3 is 0 Å². The summed E-state index contributed by atoms with van der Waals surface area (Å²) in [4.78, 5) is 12.1. The van der Waals surface area contributed by atoms with Crippen molar-refractivity contribution < 1.29 is 14.6 Å². The van der Waals surface area contributed by atoms with Crippen LogP contribution in [0.5, 0.6) is 5.75 Å². The highest BCUT2D eigenvalue weighted by atomic mass is 32.1. The summed E-state index contributed by atoms with van der Waals surface area (Å²) in [6, 6.07) is 1.67. The van der Waals surface area contributed by atoms with E-state index >= 15 is 0 Å². The first-order valence-electron chi connectivity index (χ1n) is 4.55. The molecule has 0 aliphatic heterocycles. The van der Waals surface area contributed by atoms with Gasteiger partial charge in [-0.15, -0.1) is 11.3 Å². The van der Waals surface area contributed by atoms with Crippen molar-refractivity contribution in [3.05, 3.63) is 16.3 Å². The predicted molar refractivity (Wildman–Crippen MR) is 59.5 cm³/mol. The van der Waals surface area contributed by atoms with Crippen molar-refractivity contribution in [3.8, 4) is 5.75 Å². The van der Waals surface area contributed by atoms with Crippen molar-refractivity contribution in [1.82, 2.24) is 5.32 Å². The van der Waals surface area contributed by atoms with Gasteiger partial charge in [-0.05, 0) is 13.8 Å². The van der Waals surface area contributed by atoms with Crippen molar-refractivity contribution in [1.29, 1.82) is 0 Å². The molecule has 0 fully saturated rings. The smallest absolute Gasteiger partial charge is 0.261 e. The van der Waals surface area contributed by atoms with Gasteiger partial charge in [0.05, 0.1) is 17.6 Å². The Hall–Kier alpha value is -1.07. The van der Waals surface area contributed by atoms with Crippen LogP contribution in [-0.2, 0) is 0 Å². The van der Waals surface area contributed by atoms with Gasteiger partial charge in [0.25, 0.3) is 5.91 Å². The molecule has 0 spiro atoms. The molecule has 4 nitrogen and oxygen atoms in total. The third-order valence-corrected chi connectivity index (χ3v) is 2.62. The van der Waals surface area contributed by atoms with Crippen LogP contribution in [0.2, 0.25) is 0 Å². The zero-order valence-corrected chi connectivity index (χ0v) is 9.85. The lowest BCUT2D eigenvalue weighted by molar-refractivity contribution is 0.0696. The molecule has 0 unspecified atom stereocenters. The van der Waals surface area contributed by atoms with Crippen LogP contribution < -0.4 is 10.1 Å². The van der Waals surface area contributed by atoms with E-state index in [-0.39, 0.29) is 12.5 Å². The van der Waals surface area contributed by atoms with Crippen LogP contribution in [0.3, 0.4) is 0 Å². The highest BCUT2D eigenvalue weighted by Crippen LogP contribution is 2.20. The van der Waals surface area contributed by atoms with Gasteiger partial charge in [0.2, 0.25) is 0 Å². The number of aliphatic hydroxyl groups is 1. The lowest BCUT2D eigenvalue weighted by Crippen LogP contribution is -2.37. The Morgan fingerprint density at radius 1 is 1.67 bits per heavy atom. The van der Waals surface area contributed by atoms with E-state index in [0.29, 0.717) is 10.6 Å². The maximum atomic E-state index is 11.6. The van der Waals surface area contributed by atoms with Crippen LogP contribution in [0.1, 0.15) is 23.5 Å². The molecule has 1 rings (SSSR count). The number of methoxy groups -OCH3 is 1. The fourth-order valence-corrected chi connectivity index (χ4v) is 1.70. The van der Waals surface area contributed by atoms with E-state index in [1.165, 1.54) is 11.3 Å². The molecule has 1 aromatic heterocycles. The molecule has 5 heteroatoms. The third kappa shape index (κ3) is 3.89. The van der Waals surface area contributed by atoms with E-state index in [2.05, 4.69) is 5.32 Å². The van der Waals surface area contributed by atoms with E-state index in [0.717, 1.165) is 0 Å². The van der Waals surface area contributed by atoms with Crippen molar-refractivity contribution in [2.45, 2.75) is 19.4 Å². The molecule has 0 saturated carbocycles. The van der Waals surface area contributed by atoms with Gasteiger partial charge in [-0.25, -0.2) is 0 Å². The molecular formula is C10H15NO3S. The monoisotopic (exact) mass is 229 g/mol. The minimum atomic E-state index is -0.892. The van der Waals surface area contributed by atoms with E-state index in [4.69, 9.17) is 4.74 Å². The fourth-order valence-electron chi connectivity index (χ4n) is 0.929. The lowest BCUT2D eigenvalue weighted by atomic mass is 10.1. The van der Waals surface area contributed by atoms with Crippen LogP contribution in [-0.4, -0.2) is 30.3 Å². The Labute approximate surface area is 92.9 Å². The van der Waals surface area contributed by atoms with Crippen LogP contribution >= 0.6 is 11.3 Å². The molecule has 0 aromatic carbocycles.